The van der Waals surface area contributed by atoms with E-state index in [0.29, 0.717) is 43.3 Å². The summed E-state index contributed by atoms with van der Waals surface area (Å²) in [5, 5.41) is 9.30. The van der Waals surface area contributed by atoms with Crippen LogP contribution in [0.25, 0.3) is 0 Å². The molecule has 5 heteroatoms. The van der Waals surface area contributed by atoms with Crippen LogP contribution in [0.3, 0.4) is 0 Å². The Labute approximate surface area is 124 Å². The van der Waals surface area contributed by atoms with Gasteiger partial charge in [0.05, 0.1) is 25.1 Å². The van der Waals surface area contributed by atoms with Crippen molar-refractivity contribution < 1.29 is 19.4 Å². The summed E-state index contributed by atoms with van der Waals surface area (Å²) in [6, 6.07) is 7.12. The van der Waals surface area contributed by atoms with Gasteiger partial charge in [-0.15, -0.1) is 0 Å². The van der Waals surface area contributed by atoms with Crippen LogP contribution in [0.15, 0.2) is 24.3 Å². The number of rotatable bonds is 10. The second kappa shape index (κ2) is 9.80. The lowest BCUT2D eigenvalue weighted by Gasteiger charge is -2.10. The van der Waals surface area contributed by atoms with Crippen LogP contribution < -0.4 is 4.74 Å². The third kappa shape index (κ3) is 6.41. The molecule has 0 bridgehead atoms. The summed E-state index contributed by atoms with van der Waals surface area (Å²) >= 11 is 1.51. The molecule has 0 spiro atoms. The topological polar surface area (TPSA) is 55.8 Å². The number of carbonyl (C=O) groups excluding carboxylic acids is 1. The largest absolute Gasteiger partial charge is 0.491 e. The van der Waals surface area contributed by atoms with Crippen molar-refractivity contribution in [2.24, 2.45) is 0 Å². The van der Waals surface area contributed by atoms with Crippen molar-refractivity contribution in [3.8, 4) is 5.75 Å². The zero-order chi connectivity index (χ0) is 14.8. The maximum absolute atomic E-state index is 11.6. The SMILES string of the molecule is CCC(O)COCCOc1ccc(C(=O)CSC)cc1. The van der Waals surface area contributed by atoms with Crippen LogP contribution in [0.4, 0.5) is 0 Å². The summed E-state index contributed by atoms with van der Waals surface area (Å²) in [5.74, 6) is 1.33. The Morgan fingerprint density at radius 2 is 2.00 bits per heavy atom. The second-order valence-corrected chi connectivity index (χ2v) is 5.23. The fraction of sp³-hybridized carbons (Fsp3) is 0.533. The second-order valence-electron chi connectivity index (χ2n) is 4.37. The Hall–Kier alpha value is -1.04. The molecule has 1 aromatic rings. The van der Waals surface area contributed by atoms with E-state index in [1.54, 1.807) is 24.3 Å². The Morgan fingerprint density at radius 1 is 1.30 bits per heavy atom. The first-order valence-corrected chi connectivity index (χ1v) is 8.07. The highest BCUT2D eigenvalue weighted by Crippen LogP contribution is 2.13. The summed E-state index contributed by atoms with van der Waals surface area (Å²) in [5.41, 5.74) is 0.703. The normalized spacial score (nSPS) is 12.2. The first-order chi connectivity index (χ1) is 9.67. The van der Waals surface area contributed by atoms with E-state index in [-0.39, 0.29) is 5.78 Å². The van der Waals surface area contributed by atoms with E-state index >= 15 is 0 Å². The quantitative estimate of drug-likeness (QED) is 0.531. The zero-order valence-corrected chi connectivity index (χ0v) is 12.8. The third-order valence-corrected chi connectivity index (χ3v) is 3.28. The minimum atomic E-state index is -0.406. The van der Waals surface area contributed by atoms with Crippen molar-refractivity contribution in [1.82, 2.24) is 0 Å². The van der Waals surface area contributed by atoms with E-state index in [1.165, 1.54) is 11.8 Å². The number of ether oxygens (including phenoxy) is 2. The predicted molar refractivity (Wildman–Crippen MR) is 81.8 cm³/mol. The molecule has 0 aromatic heterocycles. The van der Waals surface area contributed by atoms with Gasteiger partial charge in [-0.3, -0.25) is 4.79 Å². The molecule has 112 valence electrons. The van der Waals surface area contributed by atoms with Gasteiger partial charge in [0.2, 0.25) is 0 Å². The molecule has 1 unspecified atom stereocenters. The lowest BCUT2D eigenvalue weighted by molar-refractivity contribution is 0.0233. The predicted octanol–water partition coefficient (Wildman–Crippen LogP) is 2.40. The van der Waals surface area contributed by atoms with Crippen LogP contribution in [-0.4, -0.2) is 48.8 Å². The molecule has 0 fully saturated rings. The summed E-state index contributed by atoms with van der Waals surface area (Å²) < 4.78 is 10.8. The molecule has 20 heavy (non-hydrogen) atoms. The van der Waals surface area contributed by atoms with Crippen LogP contribution in [0, 0.1) is 0 Å². The molecule has 0 aliphatic heterocycles. The molecule has 4 nitrogen and oxygen atoms in total. The van der Waals surface area contributed by atoms with Crippen LogP contribution in [-0.2, 0) is 4.74 Å². The minimum Gasteiger partial charge on any atom is -0.491 e. The molecule has 0 saturated carbocycles. The summed E-state index contributed by atoms with van der Waals surface area (Å²) in [7, 11) is 0. The summed E-state index contributed by atoms with van der Waals surface area (Å²) in [6.45, 7) is 3.10. The number of benzene rings is 1. The number of aliphatic hydroxyl groups is 1. The average molecular weight is 298 g/mol. The van der Waals surface area contributed by atoms with Gasteiger partial charge < -0.3 is 14.6 Å². The van der Waals surface area contributed by atoms with Gasteiger partial charge in [0, 0.05) is 5.56 Å². The van der Waals surface area contributed by atoms with Gasteiger partial charge in [-0.25, -0.2) is 0 Å². The van der Waals surface area contributed by atoms with E-state index in [4.69, 9.17) is 9.47 Å². The van der Waals surface area contributed by atoms with Gasteiger partial charge in [-0.05, 0) is 36.9 Å². The zero-order valence-electron chi connectivity index (χ0n) is 12.0. The molecule has 1 atom stereocenters. The molecular weight excluding hydrogens is 276 g/mol. The molecular formula is C15H22O4S. The summed E-state index contributed by atoms with van der Waals surface area (Å²) in [4.78, 5) is 11.6. The number of hydrogen-bond acceptors (Lipinski definition) is 5. The maximum Gasteiger partial charge on any atom is 0.172 e. The van der Waals surface area contributed by atoms with E-state index in [0.717, 1.165) is 0 Å². The van der Waals surface area contributed by atoms with Gasteiger partial charge in [0.1, 0.15) is 12.4 Å². The van der Waals surface area contributed by atoms with Gasteiger partial charge in [-0.1, -0.05) is 6.92 Å². The van der Waals surface area contributed by atoms with E-state index < -0.39 is 6.10 Å². The lowest BCUT2D eigenvalue weighted by atomic mass is 10.1. The molecule has 0 aliphatic carbocycles. The highest BCUT2D eigenvalue weighted by atomic mass is 32.2. The Kier molecular flexibility index (Phi) is 8.34. The van der Waals surface area contributed by atoms with Crippen molar-refractivity contribution in [1.29, 1.82) is 0 Å². The van der Waals surface area contributed by atoms with Gasteiger partial charge in [0.15, 0.2) is 5.78 Å². The Morgan fingerprint density at radius 3 is 2.60 bits per heavy atom. The first-order valence-electron chi connectivity index (χ1n) is 6.68. The van der Waals surface area contributed by atoms with E-state index in [2.05, 4.69) is 0 Å². The number of ketones is 1. The highest BCUT2D eigenvalue weighted by molar-refractivity contribution is 7.99. The summed E-state index contributed by atoms with van der Waals surface area (Å²) in [6.07, 6.45) is 2.19. The molecule has 0 radical (unpaired) electrons. The van der Waals surface area contributed by atoms with Crippen LogP contribution in [0.2, 0.25) is 0 Å². The van der Waals surface area contributed by atoms with Crippen molar-refractivity contribution in [2.45, 2.75) is 19.4 Å². The number of Topliss-reactive ketones (excluding diaryl/α,β-unsaturated/α-hetero) is 1. The van der Waals surface area contributed by atoms with Crippen LogP contribution in [0.5, 0.6) is 5.75 Å². The van der Waals surface area contributed by atoms with Crippen LogP contribution >= 0.6 is 11.8 Å². The number of carbonyl (C=O) groups is 1. The van der Waals surface area contributed by atoms with Crippen molar-refractivity contribution in [3.63, 3.8) is 0 Å². The minimum absolute atomic E-state index is 0.126. The number of hydrogen-bond donors (Lipinski definition) is 1. The molecule has 1 rings (SSSR count). The first kappa shape index (κ1) is 17.0. The monoisotopic (exact) mass is 298 g/mol. The fourth-order valence-corrected chi connectivity index (χ4v) is 1.94. The smallest absolute Gasteiger partial charge is 0.172 e. The standard InChI is InChI=1S/C15H22O4S/c1-3-13(16)10-18-8-9-19-14-6-4-12(5-7-14)15(17)11-20-2/h4-7,13,16H,3,8-11H2,1-2H3. The maximum atomic E-state index is 11.6. The molecule has 0 amide bonds. The van der Waals surface area contributed by atoms with Gasteiger partial charge in [0.25, 0.3) is 0 Å². The van der Waals surface area contributed by atoms with Crippen molar-refractivity contribution in [3.05, 3.63) is 29.8 Å². The average Bonchev–Trinajstić information content (AvgIpc) is 2.47. The Balaban J connectivity index is 2.26. The van der Waals surface area contributed by atoms with Gasteiger partial charge in [-0.2, -0.15) is 11.8 Å². The third-order valence-electron chi connectivity index (χ3n) is 2.73. The molecule has 0 aliphatic rings. The molecule has 1 aromatic carbocycles. The highest BCUT2D eigenvalue weighted by Gasteiger charge is 2.05. The number of thioether (sulfide) groups is 1. The van der Waals surface area contributed by atoms with Crippen LogP contribution in [0.1, 0.15) is 23.7 Å². The fourth-order valence-electron chi connectivity index (χ4n) is 1.51. The van der Waals surface area contributed by atoms with Crippen molar-refractivity contribution >= 4 is 17.5 Å². The van der Waals surface area contributed by atoms with Crippen molar-refractivity contribution in [2.75, 3.05) is 31.8 Å². The van der Waals surface area contributed by atoms with E-state index in [1.807, 2.05) is 13.2 Å². The van der Waals surface area contributed by atoms with Gasteiger partial charge >= 0.3 is 0 Å². The number of aliphatic hydroxyl groups excluding tert-OH is 1. The molecule has 0 saturated heterocycles. The lowest BCUT2D eigenvalue weighted by Crippen LogP contribution is -2.16. The molecule has 0 heterocycles. The Bertz CT molecular complexity index is 391. The molecule has 1 N–H and O–H groups in total. The van der Waals surface area contributed by atoms with E-state index in [9.17, 15) is 9.90 Å².